The third-order valence-electron chi connectivity index (χ3n) is 4.38. The number of nitrogens with zero attached hydrogens (tertiary/aromatic N) is 1. The van der Waals surface area contributed by atoms with E-state index in [0.29, 0.717) is 5.54 Å². The SMILES string of the molecule is CCCOCCCN1CCNC2(CCCCC2)C1. The average molecular weight is 254 g/mol. The maximum atomic E-state index is 5.57. The second-order valence-corrected chi connectivity index (χ2v) is 6.01. The summed E-state index contributed by atoms with van der Waals surface area (Å²) in [6.45, 7) is 8.90. The van der Waals surface area contributed by atoms with Gasteiger partial charge in [-0.15, -0.1) is 0 Å². The summed E-state index contributed by atoms with van der Waals surface area (Å²) < 4.78 is 5.57. The molecule has 0 bridgehead atoms. The normalized spacial score (nSPS) is 24.5. The quantitative estimate of drug-likeness (QED) is 0.737. The molecule has 2 aliphatic rings. The number of hydrogen-bond acceptors (Lipinski definition) is 3. The van der Waals surface area contributed by atoms with E-state index in [1.807, 2.05) is 0 Å². The molecule has 1 aliphatic carbocycles. The lowest BCUT2D eigenvalue weighted by Crippen LogP contribution is -2.61. The topological polar surface area (TPSA) is 24.5 Å². The second-order valence-electron chi connectivity index (χ2n) is 6.01. The highest BCUT2D eigenvalue weighted by Crippen LogP contribution is 2.30. The van der Waals surface area contributed by atoms with E-state index in [1.165, 1.54) is 64.7 Å². The lowest BCUT2D eigenvalue weighted by atomic mass is 9.80. The molecule has 106 valence electrons. The van der Waals surface area contributed by atoms with Crippen LogP contribution in [0.25, 0.3) is 0 Å². The van der Waals surface area contributed by atoms with E-state index in [1.54, 1.807) is 0 Å². The Bertz CT molecular complexity index is 221. The fourth-order valence-corrected chi connectivity index (χ4v) is 3.43. The standard InChI is InChI=1S/C15H30N2O/c1-2-12-18-13-6-10-17-11-9-16-15(14-17)7-4-3-5-8-15/h16H,2-14H2,1H3. The Kier molecular flexibility index (Phi) is 5.93. The van der Waals surface area contributed by atoms with Gasteiger partial charge in [0.15, 0.2) is 0 Å². The minimum atomic E-state index is 0.459. The number of ether oxygens (including phenoxy) is 1. The van der Waals surface area contributed by atoms with Gasteiger partial charge in [0.05, 0.1) is 0 Å². The number of nitrogens with one attached hydrogen (secondary N) is 1. The molecule has 0 aromatic carbocycles. The number of hydrogen-bond donors (Lipinski definition) is 1. The van der Waals surface area contributed by atoms with Crippen molar-refractivity contribution >= 4 is 0 Å². The molecular formula is C15H30N2O. The van der Waals surface area contributed by atoms with Crippen molar-refractivity contribution in [1.29, 1.82) is 0 Å². The maximum Gasteiger partial charge on any atom is 0.0478 e. The Hall–Kier alpha value is -0.120. The zero-order valence-corrected chi connectivity index (χ0v) is 12.0. The third kappa shape index (κ3) is 4.22. The maximum absolute atomic E-state index is 5.57. The molecule has 1 heterocycles. The molecule has 0 radical (unpaired) electrons. The van der Waals surface area contributed by atoms with Crippen LogP contribution in [-0.2, 0) is 4.74 Å². The van der Waals surface area contributed by atoms with E-state index in [0.717, 1.165) is 19.6 Å². The molecule has 1 spiro atoms. The molecule has 3 heteroatoms. The van der Waals surface area contributed by atoms with Crippen molar-refractivity contribution in [2.45, 2.75) is 57.4 Å². The lowest BCUT2D eigenvalue weighted by molar-refractivity contribution is 0.0810. The van der Waals surface area contributed by atoms with Gasteiger partial charge in [0.25, 0.3) is 0 Å². The predicted molar refractivity (Wildman–Crippen MR) is 76.0 cm³/mol. The average Bonchev–Trinajstić information content (AvgIpc) is 2.40. The lowest BCUT2D eigenvalue weighted by Gasteiger charge is -2.46. The van der Waals surface area contributed by atoms with Gasteiger partial charge < -0.3 is 15.0 Å². The zero-order chi connectivity index (χ0) is 12.7. The molecule has 0 aromatic heterocycles. The highest BCUT2D eigenvalue weighted by molar-refractivity contribution is 4.96. The molecular weight excluding hydrogens is 224 g/mol. The van der Waals surface area contributed by atoms with E-state index in [2.05, 4.69) is 17.1 Å². The van der Waals surface area contributed by atoms with Crippen molar-refractivity contribution in [3.63, 3.8) is 0 Å². The van der Waals surface area contributed by atoms with Gasteiger partial charge in [-0.25, -0.2) is 0 Å². The Morgan fingerprint density at radius 3 is 2.78 bits per heavy atom. The van der Waals surface area contributed by atoms with Gasteiger partial charge in [-0.1, -0.05) is 26.2 Å². The van der Waals surface area contributed by atoms with E-state index >= 15 is 0 Å². The first-order chi connectivity index (χ1) is 8.85. The van der Waals surface area contributed by atoms with E-state index in [-0.39, 0.29) is 0 Å². The predicted octanol–water partition coefficient (Wildman–Crippen LogP) is 2.41. The summed E-state index contributed by atoms with van der Waals surface area (Å²) in [7, 11) is 0. The van der Waals surface area contributed by atoms with Gasteiger partial charge in [0.2, 0.25) is 0 Å². The first kappa shape index (κ1) is 14.3. The second kappa shape index (κ2) is 7.46. The van der Waals surface area contributed by atoms with Crippen molar-refractivity contribution in [2.75, 3.05) is 39.4 Å². The summed E-state index contributed by atoms with van der Waals surface area (Å²) in [5, 5.41) is 3.80. The molecule has 0 amide bonds. The molecule has 0 atom stereocenters. The molecule has 0 aromatic rings. The van der Waals surface area contributed by atoms with Crippen LogP contribution in [0, 0.1) is 0 Å². The van der Waals surface area contributed by atoms with Gasteiger partial charge in [-0.3, -0.25) is 0 Å². The van der Waals surface area contributed by atoms with Crippen LogP contribution in [0.15, 0.2) is 0 Å². The van der Waals surface area contributed by atoms with Crippen LogP contribution >= 0.6 is 0 Å². The Morgan fingerprint density at radius 1 is 1.17 bits per heavy atom. The summed E-state index contributed by atoms with van der Waals surface area (Å²) in [4.78, 5) is 2.65. The van der Waals surface area contributed by atoms with E-state index in [4.69, 9.17) is 4.74 Å². The molecule has 18 heavy (non-hydrogen) atoms. The van der Waals surface area contributed by atoms with Crippen molar-refractivity contribution < 1.29 is 4.74 Å². The number of rotatable bonds is 6. The summed E-state index contributed by atoms with van der Waals surface area (Å²) in [5.41, 5.74) is 0.459. The molecule has 2 fully saturated rings. The van der Waals surface area contributed by atoms with Crippen LogP contribution in [0.5, 0.6) is 0 Å². The number of piperazine rings is 1. The Balaban J connectivity index is 1.66. The molecule has 1 aliphatic heterocycles. The molecule has 1 N–H and O–H groups in total. The zero-order valence-electron chi connectivity index (χ0n) is 12.0. The molecule has 0 unspecified atom stereocenters. The Morgan fingerprint density at radius 2 is 2.00 bits per heavy atom. The molecule has 2 rings (SSSR count). The Labute approximate surface area is 112 Å². The van der Waals surface area contributed by atoms with Crippen LogP contribution < -0.4 is 5.32 Å². The van der Waals surface area contributed by atoms with E-state index < -0.39 is 0 Å². The first-order valence-electron chi connectivity index (χ1n) is 7.90. The van der Waals surface area contributed by atoms with Crippen molar-refractivity contribution in [3.05, 3.63) is 0 Å². The van der Waals surface area contributed by atoms with Crippen molar-refractivity contribution in [1.82, 2.24) is 10.2 Å². The van der Waals surface area contributed by atoms with Gasteiger partial charge in [0, 0.05) is 44.9 Å². The molecule has 1 saturated carbocycles. The highest BCUT2D eigenvalue weighted by Gasteiger charge is 2.35. The van der Waals surface area contributed by atoms with Gasteiger partial charge in [-0.2, -0.15) is 0 Å². The van der Waals surface area contributed by atoms with E-state index in [9.17, 15) is 0 Å². The fraction of sp³-hybridized carbons (Fsp3) is 1.00. The molecule has 3 nitrogen and oxygen atoms in total. The smallest absolute Gasteiger partial charge is 0.0478 e. The fourth-order valence-electron chi connectivity index (χ4n) is 3.43. The van der Waals surface area contributed by atoms with Gasteiger partial charge in [0.1, 0.15) is 0 Å². The monoisotopic (exact) mass is 254 g/mol. The van der Waals surface area contributed by atoms with Crippen LogP contribution in [-0.4, -0.2) is 49.8 Å². The third-order valence-corrected chi connectivity index (χ3v) is 4.38. The van der Waals surface area contributed by atoms with Crippen molar-refractivity contribution in [3.8, 4) is 0 Å². The van der Waals surface area contributed by atoms with Crippen molar-refractivity contribution in [2.24, 2.45) is 0 Å². The van der Waals surface area contributed by atoms with Crippen LogP contribution in [0.4, 0.5) is 0 Å². The van der Waals surface area contributed by atoms with Crippen LogP contribution in [0.2, 0.25) is 0 Å². The van der Waals surface area contributed by atoms with Crippen LogP contribution in [0.1, 0.15) is 51.9 Å². The first-order valence-corrected chi connectivity index (χ1v) is 7.90. The summed E-state index contributed by atoms with van der Waals surface area (Å²) in [6, 6.07) is 0. The van der Waals surface area contributed by atoms with Crippen LogP contribution in [0.3, 0.4) is 0 Å². The van der Waals surface area contributed by atoms with Gasteiger partial charge in [-0.05, 0) is 25.7 Å². The minimum Gasteiger partial charge on any atom is -0.381 e. The minimum absolute atomic E-state index is 0.459. The highest BCUT2D eigenvalue weighted by atomic mass is 16.5. The summed E-state index contributed by atoms with van der Waals surface area (Å²) >= 11 is 0. The van der Waals surface area contributed by atoms with Gasteiger partial charge >= 0.3 is 0 Å². The summed E-state index contributed by atoms with van der Waals surface area (Å²) in [5.74, 6) is 0. The molecule has 1 saturated heterocycles. The summed E-state index contributed by atoms with van der Waals surface area (Å²) in [6.07, 6.45) is 9.37. The largest absolute Gasteiger partial charge is 0.381 e.